The van der Waals surface area contributed by atoms with E-state index in [1.165, 1.54) is 0 Å². The summed E-state index contributed by atoms with van der Waals surface area (Å²) in [6.45, 7) is 1.98. The zero-order valence-corrected chi connectivity index (χ0v) is 12.7. The van der Waals surface area contributed by atoms with Gasteiger partial charge in [0.05, 0.1) is 27.4 Å². The second kappa shape index (κ2) is 6.45. The van der Waals surface area contributed by atoms with E-state index >= 15 is 0 Å². The van der Waals surface area contributed by atoms with Crippen molar-refractivity contribution in [2.24, 2.45) is 5.73 Å². The van der Waals surface area contributed by atoms with E-state index in [1.54, 1.807) is 33.7 Å². The summed E-state index contributed by atoms with van der Waals surface area (Å²) in [5, 5.41) is 0. The number of nitrogens with two attached hydrogens (primary N) is 1. The lowest BCUT2D eigenvalue weighted by Crippen LogP contribution is -2.13. The first-order valence-electron chi connectivity index (χ1n) is 6.57. The Balaban J connectivity index is 2.48. The molecule has 2 N–H and O–H groups in total. The van der Waals surface area contributed by atoms with Gasteiger partial charge in [-0.1, -0.05) is 6.07 Å². The molecule has 0 spiro atoms. The fourth-order valence-corrected chi connectivity index (χ4v) is 2.22. The molecule has 0 saturated carbocycles. The molecule has 0 aliphatic rings. The summed E-state index contributed by atoms with van der Waals surface area (Å²) in [5.41, 5.74) is 9.20. The predicted molar refractivity (Wildman–Crippen MR) is 81.1 cm³/mol. The van der Waals surface area contributed by atoms with E-state index in [9.17, 15) is 0 Å². The maximum Gasteiger partial charge on any atom is 0.203 e. The molecule has 5 nitrogen and oxygen atoms in total. The Morgan fingerprint density at radius 2 is 1.52 bits per heavy atom. The van der Waals surface area contributed by atoms with Crippen LogP contribution in [-0.4, -0.2) is 26.3 Å². The summed E-state index contributed by atoms with van der Waals surface area (Å²) in [4.78, 5) is 4.18. The number of nitrogens with zero attached hydrogens (tertiary/aromatic N) is 1. The van der Waals surface area contributed by atoms with Crippen LogP contribution in [0.4, 0.5) is 0 Å². The van der Waals surface area contributed by atoms with Crippen molar-refractivity contribution < 1.29 is 14.2 Å². The van der Waals surface area contributed by atoms with Gasteiger partial charge in [0.1, 0.15) is 0 Å². The molecule has 1 heterocycles. The Morgan fingerprint density at radius 1 is 0.905 bits per heavy atom. The number of pyridine rings is 1. The van der Waals surface area contributed by atoms with E-state index in [0.29, 0.717) is 17.2 Å². The van der Waals surface area contributed by atoms with Crippen LogP contribution in [0.2, 0.25) is 0 Å². The molecule has 2 rings (SSSR count). The van der Waals surface area contributed by atoms with E-state index in [0.717, 1.165) is 16.7 Å². The van der Waals surface area contributed by atoms with Gasteiger partial charge >= 0.3 is 0 Å². The summed E-state index contributed by atoms with van der Waals surface area (Å²) in [7, 11) is 4.74. The molecule has 0 bridgehead atoms. The normalized spacial score (nSPS) is 11.9. The lowest BCUT2D eigenvalue weighted by atomic mass is 9.99. The molecule has 5 heteroatoms. The van der Waals surface area contributed by atoms with Gasteiger partial charge in [0.2, 0.25) is 5.75 Å². The molecular formula is C16H20N2O3. The van der Waals surface area contributed by atoms with Crippen molar-refractivity contribution in [3.05, 3.63) is 47.3 Å². The lowest BCUT2D eigenvalue weighted by molar-refractivity contribution is 0.323. The largest absolute Gasteiger partial charge is 0.493 e. The monoisotopic (exact) mass is 288 g/mol. The maximum absolute atomic E-state index is 6.33. The first-order chi connectivity index (χ1) is 10.1. The van der Waals surface area contributed by atoms with Crippen LogP contribution in [0.3, 0.4) is 0 Å². The molecule has 1 unspecified atom stereocenters. The van der Waals surface area contributed by atoms with E-state index < -0.39 is 0 Å². The highest BCUT2D eigenvalue weighted by Gasteiger charge is 2.17. The quantitative estimate of drug-likeness (QED) is 0.915. The van der Waals surface area contributed by atoms with E-state index in [-0.39, 0.29) is 6.04 Å². The topological polar surface area (TPSA) is 66.6 Å². The molecule has 0 amide bonds. The van der Waals surface area contributed by atoms with Crippen LogP contribution in [0.1, 0.15) is 22.7 Å². The molecule has 1 aromatic carbocycles. The van der Waals surface area contributed by atoms with Gasteiger partial charge < -0.3 is 19.9 Å². The highest BCUT2D eigenvalue weighted by Crippen LogP contribution is 2.40. The van der Waals surface area contributed by atoms with Crippen molar-refractivity contribution in [1.29, 1.82) is 0 Å². The molecule has 21 heavy (non-hydrogen) atoms. The van der Waals surface area contributed by atoms with E-state index in [4.69, 9.17) is 19.9 Å². The van der Waals surface area contributed by atoms with Gasteiger partial charge in [0.15, 0.2) is 11.5 Å². The number of ether oxygens (including phenoxy) is 3. The van der Waals surface area contributed by atoms with Crippen molar-refractivity contribution in [2.75, 3.05) is 21.3 Å². The van der Waals surface area contributed by atoms with E-state index in [2.05, 4.69) is 4.98 Å². The Morgan fingerprint density at radius 3 is 2.00 bits per heavy atom. The summed E-state index contributed by atoms with van der Waals surface area (Å²) in [6, 6.07) is 5.41. The van der Waals surface area contributed by atoms with Crippen molar-refractivity contribution in [1.82, 2.24) is 4.98 Å². The fraction of sp³-hybridized carbons (Fsp3) is 0.312. The lowest BCUT2D eigenvalue weighted by Gasteiger charge is -2.18. The van der Waals surface area contributed by atoms with Crippen molar-refractivity contribution in [3.63, 3.8) is 0 Å². The smallest absolute Gasteiger partial charge is 0.203 e. The van der Waals surface area contributed by atoms with Crippen molar-refractivity contribution >= 4 is 0 Å². The number of benzene rings is 1. The Bertz CT molecular complexity index is 604. The highest BCUT2D eigenvalue weighted by atomic mass is 16.5. The van der Waals surface area contributed by atoms with Crippen LogP contribution in [0, 0.1) is 6.92 Å². The Labute approximate surface area is 124 Å². The molecule has 0 aliphatic heterocycles. The van der Waals surface area contributed by atoms with Crippen LogP contribution in [-0.2, 0) is 0 Å². The standard InChI is InChI=1S/C16H20N2O3/c1-10-5-12(9-18-8-10)15(17)11-6-13(19-2)16(21-4)14(7-11)20-3/h5-9,15H,17H2,1-4H3. The van der Waals surface area contributed by atoms with Crippen LogP contribution in [0.15, 0.2) is 30.6 Å². The number of rotatable bonds is 5. The SMILES string of the molecule is COc1cc(C(N)c2cncc(C)c2)cc(OC)c1OC. The van der Waals surface area contributed by atoms with Gasteiger partial charge in [-0.25, -0.2) is 0 Å². The number of aryl methyl sites for hydroxylation is 1. The predicted octanol–water partition coefficient (Wildman–Crippen LogP) is 2.46. The summed E-state index contributed by atoms with van der Waals surface area (Å²) >= 11 is 0. The third kappa shape index (κ3) is 3.08. The molecule has 0 fully saturated rings. The van der Waals surface area contributed by atoms with Crippen LogP contribution < -0.4 is 19.9 Å². The van der Waals surface area contributed by atoms with Gasteiger partial charge in [-0.15, -0.1) is 0 Å². The second-order valence-electron chi connectivity index (χ2n) is 4.73. The van der Waals surface area contributed by atoms with E-state index in [1.807, 2.05) is 25.1 Å². The number of hydrogen-bond acceptors (Lipinski definition) is 5. The molecule has 1 atom stereocenters. The molecule has 112 valence electrons. The number of aromatic nitrogens is 1. The Hall–Kier alpha value is -2.27. The zero-order valence-electron chi connectivity index (χ0n) is 12.7. The zero-order chi connectivity index (χ0) is 15.4. The number of hydrogen-bond donors (Lipinski definition) is 1. The minimum Gasteiger partial charge on any atom is -0.493 e. The van der Waals surface area contributed by atoms with Gasteiger partial charge in [0.25, 0.3) is 0 Å². The molecule has 1 aromatic heterocycles. The minimum absolute atomic E-state index is 0.314. The third-order valence-corrected chi connectivity index (χ3v) is 3.30. The third-order valence-electron chi connectivity index (χ3n) is 3.30. The van der Waals surface area contributed by atoms with Gasteiger partial charge in [-0.2, -0.15) is 0 Å². The average molecular weight is 288 g/mol. The Kier molecular flexibility index (Phi) is 4.65. The fourth-order valence-electron chi connectivity index (χ4n) is 2.22. The minimum atomic E-state index is -0.314. The first-order valence-corrected chi connectivity index (χ1v) is 6.57. The van der Waals surface area contributed by atoms with Gasteiger partial charge in [-0.3, -0.25) is 4.98 Å². The van der Waals surface area contributed by atoms with Crippen LogP contribution >= 0.6 is 0 Å². The second-order valence-corrected chi connectivity index (χ2v) is 4.73. The van der Waals surface area contributed by atoms with Gasteiger partial charge in [-0.05, 0) is 35.7 Å². The summed E-state index contributed by atoms with van der Waals surface area (Å²) in [5.74, 6) is 1.73. The molecular weight excluding hydrogens is 268 g/mol. The average Bonchev–Trinajstić information content (AvgIpc) is 2.52. The van der Waals surface area contributed by atoms with Crippen LogP contribution in [0.25, 0.3) is 0 Å². The maximum atomic E-state index is 6.33. The van der Waals surface area contributed by atoms with Crippen LogP contribution in [0.5, 0.6) is 17.2 Å². The molecule has 2 aromatic rings. The van der Waals surface area contributed by atoms with Crippen molar-refractivity contribution in [2.45, 2.75) is 13.0 Å². The van der Waals surface area contributed by atoms with Gasteiger partial charge in [0, 0.05) is 12.4 Å². The molecule has 0 aliphatic carbocycles. The molecule has 0 radical (unpaired) electrons. The summed E-state index contributed by atoms with van der Waals surface area (Å²) in [6.07, 6.45) is 3.56. The first kappa shape index (κ1) is 15.1. The molecule has 0 saturated heterocycles. The van der Waals surface area contributed by atoms with Crippen molar-refractivity contribution in [3.8, 4) is 17.2 Å². The number of methoxy groups -OCH3 is 3. The highest BCUT2D eigenvalue weighted by molar-refractivity contribution is 5.55. The summed E-state index contributed by atoms with van der Waals surface area (Å²) < 4.78 is 16.0.